The first-order chi connectivity index (χ1) is 11.1. The Kier molecular flexibility index (Phi) is 5.53. The summed E-state index contributed by atoms with van der Waals surface area (Å²) < 4.78 is 52.1. The average Bonchev–Trinajstić information content (AvgIpc) is 2.82. The minimum atomic E-state index is -3.73. The van der Waals surface area contributed by atoms with Crippen molar-refractivity contribution in [2.45, 2.75) is 31.2 Å². The summed E-state index contributed by atoms with van der Waals surface area (Å²) in [6.07, 6.45) is 0. The molecule has 134 valence electrons. The molecule has 0 radical (unpaired) electrons. The van der Waals surface area contributed by atoms with Crippen molar-refractivity contribution in [2.24, 2.45) is 0 Å². The molecule has 0 saturated carbocycles. The summed E-state index contributed by atoms with van der Waals surface area (Å²) in [5, 5.41) is 1.62. The lowest BCUT2D eigenvalue weighted by Gasteiger charge is -2.25. The Morgan fingerprint density at radius 3 is 2.33 bits per heavy atom. The summed E-state index contributed by atoms with van der Waals surface area (Å²) in [4.78, 5) is 12.0. The van der Waals surface area contributed by atoms with E-state index in [4.69, 9.17) is 0 Å². The van der Waals surface area contributed by atoms with Crippen LogP contribution in [0, 0.1) is 11.6 Å². The fourth-order valence-corrected chi connectivity index (χ4v) is 4.53. The normalized spacial score (nSPS) is 24.3. The molecule has 1 saturated heterocycles. The number of hydrogen-bond acceptors (Lipinski definition) is 5. The molecule has 2 rings (SSSR count). The lowest BCUT2D eigenvalue weighted by Crippen LogP contribution is -2.47. The van der Waals surface area contributed by atoms with Gasteiger partial charge in [-0.05, 0) is 26.0 Å². The van der Waals surface area contributed by atoms with Gasteiger partial charge in [0.2, 0.25) is 15.9 Å². The Morgan fingerprint density at radius 1 is 1.21 bits per heavy atom. The van der Waals surface area contributed by atoms with Crippen LogP contribution < -0.4 is 16.2 Å². The molecule has 1 aromatic carbocycles. The van der Waals surface area contributed by atoms with Gasteiger partial charge in [-0.3, -0.25) is 15.6 Å². The molecule has 0 spiro atoms. The molecule has 10 heteroatoms. The zero-order valence-electron chi connectivity index (χ0n) is 13.5. The van der Waals surface area contributed by atoms with Crippen LogP contribution in [-0.2, 0) is 14.8 Å². The number of hydrazine groups is 1. The molecule has 0 aliphatic carbocycles. The maximum Gasteiger partial charge on any atom is 0.239 e. The number of benzene rings is 1. The first-order valence-electron chi connectivity index (χ1n) is 7.34. The van der Waals surface area contributed by atoms with Gasteiger partial charge in [-0.1, -0.05) is 0 Å². The number of amides is 1. The standard InChI is InChI=1S/C14H20F2N4O3S/c1-8-14(9(2)19-18-8)24(22,23)20(3)7-13(21)17-10-4-5-11(15)12(16)6-10/h4-6,8-9,14,18-19H,7H2,1-3H3,(H,17,21). The van der Waals surface area contributed by atoms with Crippen LogP contribution in [-0.4, -0.2) is 49.6 Å². The predicted octanol–water partition coefficient (Wildman–Crippen LogP) is 0.418. The van der Waals surface area contributed by atoms with Gasteiger partial charge >= 0.3 is 0 Å². The van der Waals surface area contributed by atoms with Gasteiger partial charge in [0.05, 0.1) is 6.54 Å². The van der Waals surface area contributed by atoms with E-state index >= 15 is 0 Å². The number of sulfonamides is 1. The number of hydrogen-bond donors (Lipinski definition) is 3. The first kappa shape index (κ1) is 18.7. The second kappa shape index (κ2) is 7.09. The van der Waals surface area contributed by atoms with Gasteiger partial charge in [0.15, 0.2) is 11.6 Å². The van der Waals surface area contributed by atoms with E-state index in [0.29, 0.717) is 0 Å². The van der Waals surface area contributed by atoms with Gasteiger partial charge in [0, 0.05) is 30.9 Å². The SMILES string of the molecule is CC1NNC(C)C1S(=O)(=O)N(C)CC(=O)Nc1ccc(F)c(F)c1. The van der Waals surface area contributed by atoms with Crippen molar-refractivity contribution in [3.63, 3.8) is 0 Å². The van der Waals surface area contributed by atoms with Gasteiger partial charge in [0.1, 0.15) is 5.25 Å². The third kappa shape index (κ3) is 3.89. The fourth-order valence-electron chi connectivity index (χ4n) is 2.65. The molecule has 24 heavy (non-hydrogen) atoms. The largest absolute Gasteiger partial charge is 0.325 e. The highest BCUT2D eigenvalue weighted by Crippen LogP contribution is 2.19. The smallest absolute Gasteiger partial charge is 0.239 e. The van der Waals surface area contributed by atoms with Crippen LogP contribution in [0.4, 0.5) is 14.5 Å². The van der Waals surface area contributed by atoms with Crippen molar-refractivity contribution in [2.75, 3.05) is 18.9 Å². The summed E-state index contributed by atoms with van der Waals surface area (Å²) in [7, 11) is -2.42. The number of carbonyl (C=O) groups is 1. The second-order valence-electron chi connectivity index (χ2n) is 5.81. The lowest BCUT2D eigenvalue weighted by atomic mass is 10.2. The van der Waals surface area contributed by atoms with E-state index in [9.17, 15) is 22.0 Å². The quantitative estimate of drug-likeness (QED) is 0.706. The van der Waals surface area contributed by atoms with Crippen LogP contribution in [0.2, 0.25) is 0 Å². The lowest BCUT2D eigenvalue weighted by molar-refractivity contribution is -0.116. The van der Waals surface area contributed by atoms with Gasteiger partial charge in [0.25, 0.3) is 0 Å². The molecule has 7 nitrogen and oxygen atoms in total. The van der Waals surface area contributed by atoms with Gasteiger partial charge in [-0.25, -0.2) is 17.2 Å². The number of likely N-dealkylation sites (N-methyl/N-ethyl adjacent to an activating group) is 1. The summed E-state index contributed by atoms with van der Waals surface area (Å²) in [5.41, 5.74) is 5.75. The van der Waals surface area contributed by atoms with Gasteiger partial charge in [-0.2, -0.15) is 4.31 Å². The Labute approximate surface area is 139 Å². The molecule has 1 aromatic rings. The molecule has 3 N–H and O–H groups in total. The molecule has 1 fully saturated rings. The highest BCUT2D eigenvalue weighted by atomic mass is 32.2. The monoisotopic (exact) mass is 362 g/mol. The Hall–Kier alpha value is -1.62. The van der Waals surface area contributed by atoms with Crippen molar-refractivity contribution in [3.05, 3.63) is 29.8 Å². The number of nitrogens with one attached hydrogen (secondary N) is 3. The number of rotatable bonds is 5. The minimum absolute atomic E-state index is 0.0515. The fraction of sp³-hybridized carbons (Fsp3) is 0.500. The molecule has 2 unspecified atom stereocenters. The Morgan fingerprint density at radius 2 is 1.79 bits per heavy atom. The summed E-state index contributed by atoms with van der Waals surface area (Å²) in [6, 6.07) is 2.27. The molecular weight excluding hydrogens is 342 g/mol. The topological polar surface area (TPSA) is 90.5 Å². The number of carbonyl (C=O) groups excluding carboxylic acids is 1. The molecule has 1 aliphatic rings. The molecule has 1 aliphatic heterocycles. The maximum absolute atomic E-state index is 13.1. The summed E-state index contributed by atoms with van der Waals surface area (Å²) in [6.45, 7) is 3.03. The van der Waals surface area contributed by atoms with Crippen LogP contribution in [0.1, 0.15) is 13.8 Å². The predicted molar refractivity (Wildman–Crippen MR) is 85.5 cm³/mol. The molecule has 2 atom stereocenters. The van der Waals surface area contributed by atoms with E-state index in [1.54, 1.807) is 13.8 Å². The van der Waals surface area contributed by atoms with E-state index in [-0.39, 0.29) is 17.8 Å². The average molecular weight is 362 g/mol. The minimum Gasteiger partial charge on any atom is -0.325 e. The van der Waals surface area contributed by atoms with Crippen LogP contribution in [0.5, 0.6) is 0 Å². The third-order valence-corrected chi connectivity index (χ3v) is 6.37. The zero-order valence-corrected chi connectivity index (χ0v) is 14.3. The van der Waals surface area contributed by atoms with E-state index in [2.05, 4.69) is 16.2 Å². The van der Waals surface area contributed by atoms with Crippen molar-refractivity contribution in [1.82, 2.24) is 15.2 Å². The van der Waals surface area contributed by atoms with Crippen LogP contribution >= 0.6 is 0 Å². The van der Waals surface area contributed by atoms with Crippen LogP contribution in [0.15, 0.2) is 18.2 Å². The van der Waals surface area contributed by atoms with E-state index in [1.165, 1.54) is 13.1 Å². The second-order valence-corrected chi connectivity index (χ2v) is 8.01. The third-order valence-electron chi connectivity index (χ3n) is 3.87. The van der Waals surface area contributed by atoms with Crippen LogP contribution in [0.3, 0.4) is 0 Å². The van der Waals surface area contributed by atoms with Crippen molar-refractivity contribution < 1.29 is 22.0 Å². The molecule has 1 heterocycles. The Balaban J connectivity index is 2.04. The van der Waals surface area contributed by atoms with Crippen molar-refractivity contribution in [3.8, 4) is 0 Å². The molecular formula is C14H20F2N4O3S. The molecule has 0 bridgehead atoms. The van der Waals surface area contributed by atoms with E-state index < -0.39 is 39.4 Å². The molecule has 1 amide bonds. The number of halogens is 2. The van der Waals surface area contributed by atoms with Crippen molar-refractivity contribution in [1.29, 1.82) is 0 Å². The number of nitrogens with zero attached hydrogens (tertiary/aromatic N) is 1. The first-order valence-corrected chi connectivity index (χ1v) is 8.84. The molecule has 0 aromatic heterocycles. The summed E-state index contributed by atoms with van der Waals surface area (Å²) >= 11 is 0. The van der Waals surface area contributed by atoms with E-state index in [1.807, 2.05) is 0 Å². The van der Waals surface area contributed by atoms with E-state index in [0.717, 1.165) is 16.4 Å². The van der Waals surface area contributed by atoms with Gasteiger partial charge in [-0.15, -0.1) is 0 Å². The van der Waals surface area contributed by atoms with Crippen LogP contribution in [0.25, 0.3) is 0 Å². The summed E-state index contributed by atoms with van der Waals surface area (Å²) in [5.74, 6) is -2.78. The highest BCUT2D eigenvalue weighted by molar-refractivity contribution is 7.89. The zero-order chi connectivity index (χ0) is 18.1. The highest BCUT2D eigenvalue weighted by Gasteiger charge is 2.42. The van der Waals surface area contributed by atoms with Gasteiger partial charge < -0.3 is 5.32 Å². The van der Waals surface area contributed by atoms with Crippen molar-refractivity contribution >= 4 is 21.6 Å². The number of anilines is 1. The maximum atomic E-state index is 13.1. The Bertz CT molecular complexity index is 719.